The normalized spacial score (nSPS) is 17.5. The molecule has 2 rings (SSSR count). The maximum Gasteiger partial charge on any atom is 0.433 e. The van der Waals surface area contributed by atoms with Gasteiger partial charge in [-0.15, -0.1) is 0 Å². The molecule has 146 valence electrons. The first kappa shape index (κ1) is 20.4. The van der Waals surface area contributed by atoms with Gasteiger partial charge < -0.3 is 16.0 Å². The van der Waals surface area contributed by atoms with Crippen LogP contribution in [0.4, 0.5) is 19.1 Å². The number of rotatable bonds is 6. The van der Waals surface area contributed by atoms with Gasteiger partial charge in [-0.25, -0.2) is 18.4 Å². The van der Waals surface area contributed by atoms with E-state index >= 15 is 0 Å². The highest BCUT2D eigenvalue weighted by atomic mass is 32.2. The first-order chi connectivity index (χ1) is 12.1. The molecule has 3 N–H and O–H groups in total. The van der Waals surface area contributed by atoms with Crippen LogP contribution in [-0.4, -0.2) is 61.5 Å². The van der Waals surface area contributed by atoms with Gasteiger partial charge in [0, 0.05) is 25.5 Å². The Labute approximate surface area is 148 Å². The van der Waals surface area contributed by atoms with Gasteiger partial charge >= 0.3 is 6.18 Å². The number of alkyl halides is 3. The minimum absolute atomic E-state index is 0.0170. The summed E-state index contributed by atoms with van der Waals surface area (Å²) in [5, 5.41) is 8.10. The van der Waals surface area contributed by atoms with Crippen LogP contribution in [0.25, 0.3) is 0 Å². The van der Waals surface area contributed by atoms with Crippen molar-refractivity contribution in [1.82, 2.24) is 20.6 Å². The zero-order valence-electron chi connectivity index (χ0n) is 14.1. The molecule has 1 aliphatic heterocycles. The maximum absolute atomic E-state index is 12.6. The van der Waals surface area contributed by atoms with Crippen molar-refractivity contribution in [3.05, 3.63) is 18.0 Å². The number of amides is 1. The summed E-state index contributed by atoms with van der Waals surface area (Å²) in [6.45, 7) is 0.891. The Hall–Kier alpha value is -1.95. The largest absolute Gasteiger partial charge is 0.433 e. The van der Waals surface area contributed by atoms with E-state index in [-0.39, 0.29) is 31.9 Å². The molecular weight excluding hydrogens is 375 g/mol. The Morgan fingerprint density at radius 1 is 1.31 bits per heavy atom. The van der Waals surface area contributed by atoms with Gasteiger partial charge in [0.15, 0.2) is 14.6 Å². The smallest absolute Gasteiger partial charge is 0.353 e. The van der Waals surface area contributed by atoms with Crippen LogP contribution in [0.5, 0.6) is 0 Å². The van der Waals surface area contributed by atoms with E-state index in [0.717, 1.165) is 18.5 Å². The lowest BCUT2D eigenvalue weighted by Crippen LogP contribution is -2.57. The third-order valence-electron chi connectivity index (χ3n) is 4.17. The van der Waals surface area contributed by atoms with E-state index in [2.05, 4.69) is 25.9 Å². The quantitative estimate of drug-likeness (QED) is 0.590. The number of nitrogens with one attached hydrogen (secondary N) is 3. The summed E-state index contributed by atoms with van der Waals surface area (Å²) in [5.41, 5.74) is -1.08. The highest BCUT2D eigenvalue weighted by molar-refractivity contribution is 7.92. The number of anilines is 1. The summed E-state index contributed by atoms with van der Waals surface area (Å²) in [6, 6.07) is 0.750. The number of sulfone groups is 1. The van der Waals surface area contributed by atoms with Gasteiger partial charge in [0.05, 0.1) is 0 Å². The summed E-state index contributed by atoms with van der Waals surface area (Å²) in [5.74, 6) is -0.831. The van der Waals surface area contributed by atoms with Crippen molar-refractivity contribution in [1.29, 1.82) is 0 Å². The monoisotopic (exact) mass is 395 g/mol. The minimum Gasteiger partial charge on any atom is -0.353 e. The number of hydrogen-bond donors (Lipinski definition) is 3. The summed E-state index contributed by atoms with van der Waals surface area (Å²) in [4.78, 5) is 19.5. The zero-order valence-corrected chi connectivity index (χ0v) is 14.9. The zero-order chi connectivity index (χ0) is 19.4. The number of halogens is 3. The Morgan fingerprint density at radius 2 is 1.96 bits per heavy atom. The molecule has 0 radical (unpaired) electrons. The van der Waals surface area contributed by atoms with E-state index in [1.165, 1.54) is 0 Å². The maximum atomic E-state index is 12.6. The summed E-state index contributed by atoms with van der Waals surface area (Å²) >= 11 is 0. The molecule has 8 nitrogen and oxygen atoms in total. The lowest BCUT2D eigenvalue weighted by atomic mass is 9.96. The Balaban J connectivity index is 1.92. The van der Waals surface area contributed by atoms with Crippen molar-refractivity contribution in [3.8, 4) is 0 Å². The van der Waals surface area contributed by atoms with Gasteiger partial charge in [0.25, 0.3) is 0 Å². The highest BCUT2D eigenvalue weighted by Crippen LogP contribution is 2.28. The van der Waals surface area contributed by atoms with Crippen LogP contribution >= 0.6 is 0 Å². The van der Waals surface area contributed by atoms with Crippen LogP contribution in [0, 0.1) is 0 Å². The molecule has 1 aromatic rings. The fourth-order valence-electron chi connectivity index (χ4n) is 2.71. The van der Waals surface area contributed by atoms with Crippen molar-refractivity contribution >= 4 is 21.7 Å². The molecule has 12 heteroatoms. The molecule has 0 saturated carbocycles. The van der Waals surface area contributed by atoms with Gasteiger partial charge in [-0.05, 0) is 32.0 Å². The number of hydrogen-bond acceptors (Lipinski definition) is 7. The Bertz CT molecular complexity index is 748. The number of aromatic nitrogens is 2. The number of carbonyl (C=O) groups is 1. The van der Waals surface area contributed by atoms with Crippen LogP contribution in [0.1, 0.15) is 18.5 Å². The third kappa shape index (κ3) is 4.61. The summed E-state index contributed by atoms with van der Waals surface area (Å²) < 4.78 is 60.5. The first-order valence-electron chi connectivity index (χ1n) is 7.89. The Kier molecular flexibility index (Phi) is 6.06. The predicted octanol–water partition coefficient (Wildman–Crippen LogP) is 0.190. The van der Waals surface area contributed by atoms with Crippen LogP contribution < -0.4 is 16.0 Å². The average molecular weight is 395 g/mol. The van der Waals surface area contributed by atoms with E-state index < -0.39 is 32.4 Å². The minimum atomic E-state index is -4.58. The van der Waals surface area contributed by atoms with Crippen molar-refractivity contribution in [2.45, 2.75) is 23.8 Å². The standard InChI is InChI=1S/C14H20F3N5O3S/c1-26(24,25)13(3-6-18-7-4-13)11(23)19-8-9-21-12-20-5-2-10(22-12)14(15,16)17/h2,5,18H,3-4,6-9H2,1H3,(H,19,23)(H,20,21,22). The molecule has 2 heterocycles. The van der Waals surface area contributed by atoms with Crippen LogP contribution in [0.3, 0.4) is 0 Å². The molecule has 0 aliphatic carbocycles. The summed E-state index contributed by atoms with van der Waals surface area (Å²) in [7, 11) is -3.62. The predicted molar refractivity (Wildman–Crippen MR) is 88.2 cm³/mol. The highest BCUT2D eigenvalue weighted by Gasteiger charge is 2.48. The molecule has 1 aliphatic rings. The first-order valence-corrected chi connectivity index (χ1v) is 9.78. The molecule has 0 atom stereocenters. The van der Waals surface area contributed by atoms with Crippen molar-refractivity contribution in [2.24, 2.45) is 0 Å². The molecule has 0 spiro atoms. The van der Waals surface area contributed by atoms with E-state index in [0.29, 0.717) is 13.1 Å². The molecule has 0 bridgehead atoms. The van der Waals surface area contributed by atoms with Crippen LogP contribution in [0.15, 0.2) is 12.3 Å². The van der Waals surface area contributed by atoms with Gasteiger partial charge in [-0.2, -0.15) is 13.2 Å². The number of nitrogens with zero attached hydrogens (tertiary/aromatic N) is 2. The molecule has 1 fully saturated rings. The van der Waals surface area contributed by atoms with Crippen LogP contribution in [-0.2, 0) is 20.8 Å². The average Bonchev–Trinajstić information content (AvgIpc) is 2.57. The molecular formula is C14H20F3N5O3S. The number of piperidine rings is 1. The molecule has 26 heavy (non-hydrogen) atoms. The van der Waals surface area contributed by atoms with Crippen molar-refractivity contribution < 1.29 is 26.4 Å². The van der Waals surface area contributed by atoms with E-state index in [9.17, 15) is 26.4 Å². The van der Waals surface area contributed by atoms with E-state index in [1.807, 2.05) is 0 Å². The van der Waals surface area contributed by atoms with Gasteiger partial charge in [-0.1, -0.05) is 0 Å². The molecule has 1 saturated heterocycles. The lowest BCUT2D eigenvalue weighted by molar-refractivity contribution is -0.141. The molecule has 0 aromatic carbocycles. The second kappa shape index (κ2) is 7.74. The number of carbonyl (C=O) groups excluding carboxylic acids is 1. The fraction of sp³-hybridized carbons (Fsp3) is 0.643. The third-order valence-corrected chi connectivity index (χ3v) is 6.19. The second-order valence-electron chi connectivity index (χ2n) is 5.96. The SMILES string of the molecule is CS(=O)(=O)C1(C(=O)NCCNc2nccc(C(F)(F)F)n2)CCNCC1. The van der Waals surface area contributed by atoms with Crippen molar-refractivity contribution in [3.63, 3.8) is 0 Å². The van der Waals surface area contributed by atoms with Crippen LogP contribution in [0.2, 0.25) is 0 Å². The lowest BCUT2D eigenvalue weighted by Gasteiger charge is -2.34. The van der Waals surface area contributed by atoms with E-state index in [4.69, 9.17) is 0 Å². The molecule has 1 amide bonds. The van der Waals surface area contributed by atoms with Gasteiger partial charge in [0.2, 0.25) is 11.9 Å². The Morgan fingerprint density at radius 3 is 2.54 bits per heavy atom. The van der Waals surface area contributed by atoms with Gasteiger partial charge in [0.1, 0.15) is 5.69 Å². The van der Waals surface area contributed by atoms with Crippen molar-refractivity contribution in [2.75, 3.05) is 37.8 Å². The summed E-state index contributed by atoms with van der Waals surface area (Å²) in [6.07, 6.45) is -2.23. The van der Waals surface area contributed by atoms with E-state index in [1.54, 1.807) is 0 Å². The second-order valence-corrected chi connectivity index (χ2v) is 8.29. The topological polar surface area (TPSA) is 113 Å². The molecule has 0 unspecified atom stereocenters. The fourth-order valence-corrected chi connectivity index (χ4v) is 4.06. The molecule has 1 aromatic heterocycles. The van der Waals surface area contributed by atoms with Gasteiger partial charge in [-0.3, -0.25) is 4.79 Å².